The molecule has 0 spiro atoms. The van der Waals surface area contributed by atoms with Gasteiger partial charge in [0.25, 0.3) is 0 Å². The molecule has 1 aromatic heterocycles. The van der Waals surface area contributed by atoms with Crippen LogP contribution in [0.5, 0.6) is 0 Å². The molecule has 3 rings (SSSR count). The lowest BCUT2D eigenvalue weighted by molar-refractivity contribution is -0.130. The normalized spacial score (nSPS) is 10.7. The number of amides is 1. The Bertz CT molecular complexity index is 882. The standard InChI is InChI=1S/C22H25N3O/c1-4-25(16-17-10-12-20(13-11-17)24(2)3)21(26)15-19-8-5-7-18-9-6-14-23-22(18)19/h5-14H,4,15-16H2,1-3H3. The van der Waals surface area contributed by atoms with Crippen LogP contribution in [-0.4, -0.2) is 36.4 Å². The summed E-state index contributed by atoms with van der Waals surface area (Å²) in [4.78, 5) is 21.3. The van der Waals surface area contributed by atoms with E-state index in [0.717, 1.165) is 27.7 Å². The van der Waals surface area contributed by atoms with Crippen LogP contribution in [0.1, 0.15) is 18.1 Å². The lowest BCUT2D eigenvalue weighted by Gasteiger charge is -2.22. The van der Waals surface area contributed by atoms with Crippen molar-refractivity contribution in [1.82, 2.24) is 9.88 Å². The van der Waals surface area contributed by atoms with E-state index in [9.17, 15) is 4.79 Å². The molecule has 0 atom stereocenters. The summed E-state index contributed by atoms with van der Waals surface area (Å²) in [6.45, 7) is 3.33. The van der Waals surface area contributed by atoms with Gasteiger partial charge in [0.05, 0.1) is 11.9 Å². The number of aromatic nitrogens is 1. The number of carbonyl (C=O) groups excluding carboxylic acids is 1. The molecule has 0 N–H and O–H groups in total. The number of carbonyl (C=O) groups is 1. The van der Waals surface area contributed by atoms with Gasteiger partial charge in [-0.15, -0.1) is 0 Å². The van der Waals surface area contributed by atoms with Gasteiger partial charge in [-0.1, -0.05) is 36.4 Å². The van der Waals surface area contributed by atoms with Crippen LogP contribution in [0.4, 0.5) is 5.69 Å². The first-order valence-electron chi connectivity index (χ1n) is 8.95. The van der Waals surface area contributed by atoms with Gasteiger partial charge in [-0.05, 0) is 36.2 Å². The van der Waals surface area contributed by atoms with Crippen molar-refractivity contribution in [3.05, 3.63) is 71.9 Å². The lowest BCUT2D eigenvalue weighted by atomic mass is 10.1. The minimum Gasteiger partial charge on any atom is -0.378 e. The average Bonchev–Trinajstić information content (AvgIpc) is 2.66. The molecule has 0 saturated carbocycles. The van der Waals surface area contributed by atoms with Crippen LogP contribution in [0.25, 0.3) is 10.9 Å². The Kier molecular flexibility index (Phi) is 5.52. The third kappa shape index (κ3) is 4.02. The first-order valence-corrected chi connectivity index (χ1v) is 8.95. The Morgan fingerprint density at radius 2 is 1.73 bits per heavy atom. The molecule has 1 amide bonds. The monoisotopic (exact) mass is 347 g/mol. The molecule has 0 saturated heterocycles. The molecule has 0 unspecified atom stereocenters. The smallest absolute Gasteiger partial charge is 0.227 e. The predicted molar refractivity (Wildman–Crippen MR) is 107 cm³/mol. The van der Waals surface area contributed by atoms with Gasteiger partial charge in [-0.25, -0.2) is 0 Å². The van der Waals surface area contributed by atoms with E-state index in [1.807, 2.05) is 56.3 Å². The van der Waals surface area contributed by atoms with Crippen molar-refractivity contribution in [3.8, 4) is 0 Å². The van der Waals surface area contributed by atoms with Gasteiger partial charge in [0.15, 0.2) is 0 Å². The molecule has 0 fully saturated rings. The van der Waals surface area contributed by atoms with E-state index in [-0.39, 0.29) is 5.91 Å². The van der Waals surface area contributed by atoms with Crippen LogP contribution in [0.3, 0.4) is 0 Å². The maximum absolute atomic E-state index is 12.9. The number of pyridine rings is 1. The van der Waals surface area contributed by atoms with Crippen molar-refractivity contribution in [3.63, 3.8) is 0 Å². The molecule has 0 aliphatic heterocycles. The minimum absolute atomic E-state index is 0.127. The van der Waals surface area contributed by atoms with E-state index in [4.69, 9.17) is 0 Å². The van der Waals surface area contributed by atoms with Gasteiger partial charge in [-0.2, -0.15) is 0 Å². The Morgan fingerprint density at radius 3 is 2.42 bits per heavy atom. The van der Waals surface area contributed by atoms with Crippen LogP contribution < -0.4 is 4.90 Å². The number of nitrogens with zero attached hydrogens (tertiary/aromatic N) is 3. The van der Waals surface area contributed by atoms with Gasteiger partial charge in [0.2, 0.25) is 5.91 Å². The zero-order chi connectivity index (χ0) is 18.5. The molecule has 0 aliphatic carbocycles. The van der Waals surface area contributed by atoms with Gasteiger partial charge in [0, 0.05) is 44.5 Å². The zero-order valence-electron chi connectivity index (χ0n) is 15.6. The molecule has 0 aliphatic rings. The van der Waals surface area contributed by atoms with E-state index in [1.54, 1.807) is 6.20 Å². The summed E-state index contributed by atoms with van der Waals surface area (Å²) in [6.07, 6.45) is 2.15. The molecule has 0 bridgehead atoms. The fraction of sp³-hybridized carbons (Fsp3) is 0.273. The summed E-state index contributed by atoms with van der Waals surface area (Å²) in [5.41, 5.74) is 4.19. The van der Waals surface area contributed by atoms with Crippen LogP contribution in [0.2, 0.25) is 0 Å². The van der Waals surface area contributed by atoms with Gasteiger partial charge < -0.3 is 9.80 Å². The molecule has 134 valence electrons. The number of hydrogen-bond acceptors (Lipinski definition) is 3. The van der Waals surface area contributed by atoms with E-state index in [2.05, 4.69) is 34.1 Å². The Labute approximate surface area is 155 Å². The van der Waals surface area contributed by atoms with E-state index in [0.29, 0.717) is 19.5 Å². The number of benzene rings is 2. The SMILES string of the molecule is CCN(Cc1ccc(N(C)C)cc1)C(=O)Cc1cccc2cccnc12. The Balaban J connectivity index is 1.74. The quantitative estimate of drug-likeness (QED) is 0.679. The maximum Gasteiger partial charge on any atom is 0.227 e. The number of anilines is 1. The fourth-order valence-corrected chi connectivity index (χ4v) is 3.08. The topological polar surface area (TPSA) is 36.4 Å². The summed E-state index contributed by atoms with van der Waals surface area (Å²) in [7, 11) is 4.05. The second-order valence-corrected chi connectivity index (χ2v) is 6.64. The number of rotatable bonds is 6. The van der Waals surface area contributed by atoms with Crippen molar-refractivity contribution >= 4 is 22.5 Å². The van der Waals surface area contributed by atoms with Crippen LogP contribution in [0, 0.1) is 0 Å². The summed E-state index contributed by atoms with van der Waals surface area (Å²) < 4.78 is 0. The molecule has 1 heterocycles. The first-order chi connectivity index (χ1) is 12.6. The molecular weight excluding hydrogens is 322 g/mol. The molecular formula is C22H25N3O. The summed E-state index contributed by atoms with van der Waals surface area (Å²) in [6, 6.07) is 18.3. The highest BCUT2D eigenvalue weighted by Crippen LogP contribution is 2.18. The molecule has 0 radical (unpaired) electrons. The molecule has 3 aromatic rings. The lowest BCUT2D eigenvalue weighted by Crippen LogP contribution is -2.31. The highest BCUT2D eigenvalue weighted by molar-refractivity contribution is 5.87. The van der Waals surface area contributed by atoms with Crippen molar-refractivity contribution in [2.75, 3.05) is 25.5 Å². The summed E-state index contributed by atoms with van der Waals surface area (Å²) in [5.74, 6) is 0.127. The van der Waals surface area contributed by atoms with Gasteiger partial charge in [0.1, 0.15) is 0 Å². The van der Waals surface area contributed by atoms with Crippen molar-refractivity contribution in [1.29, 1.82) is 0 Å². The fourth-order valence-electron chi connectivity index (χ4n) is 3.08. The second-order valence-electron chi connectivity index (χ2n) is 6.64. The molecule has 26 heavy (non-hydrogen) atoms. The first kappa shape index (κ1) is 17.9. The minimum atomic E-state index is 0.127. The van der Waals surface area contributed by atoms with Gasteiger partial charge >= 0.3 is 0 Å². The van der Waals surface area contributed by atoms with Crippen molar-refractivity contribution < 1.29 is 4.79 Å². The van der Waals surface area contributed by atoms with E-state index >= 15 is 0 Å². The summed E-state index contributed by atoms with van der Waals surface area (Å²) >= 11 is 0. The van der Waals surface area contributed by atoms with Crippen LogP contribution in [-0.2, 0) is 17.8 Å². The largest absolute Gasteiger partial charge is 0.378 e. The summed E-state index contributed by atoms with van der Waals surface area (Å²) in [5, 5.41) is 1.07. The van der Waals surface area contributed by atoms with E-state index < -0.39 is 0 Å². The second kappa shape index (κ2) is 8.00. The van der Waals surface area contributed by atoms with Gasteiger partial charge in [-0.3, -0.25) is 9.78 Å². The molecule has 4 nitrogen and oxygen atoms in total. The Morgan fingerprint density at radius 1 is 1.00 bits per heavy atom. The number of hydrogen-bond donors (Lipinski definition) is 0. The number of para-hydroxylation sites is 1. The molecule has 4 heteroatoms. The van der Waals surface area contributed by atoms with Crippen molar-refractivity contribution in [2.24, 2.45) is 0 Å². The third-order valence-corrected chi connectivity index (χ3v) is 4.62. The predicted octanol–water partition coefficient (Wildman–Crippen LogP) is 3.89. The molecule has 2 aromatic carbocycles. The third-order valence-electron chi connectivity index (χ3n) is 4.62. The van der Waals surface area contributed by atoms with Crippen molar-refractivity contribution in [2.45, 2.75) is 19.9 Å². The highest BCUT2D eigenvalue weighted by Gasteiger charge is 2.15. The van der Waals surface area contributed by atoms with E-state index in [1.165, 1.54) is 0 Å². The number of likely N-dealkylation sites (N-methyl/N-ethyl adjacent to an activating group) is 1. The van der Waals surface area contributed by atoms with Crippen LogP contribution in [0.15, 0.2) is 60.8 Å². The highest BCUT2D eigenvalue weighted by atomic mass is 16.2. The number of fused-ring (bicyclic) bond motifs is 1. The zero-order valence-corrected chi connectivity index (χ0v) is 15.6. The Hall–Kier alpha value is -2.88. The average molecular weight is 347 g/mol. The van der Waals surface area contributed by atoms with Crippen LogP contribution >= 0.6 is 0 Å². The maximum atomic E-state index is 12.9.